The highest BCUT2D eigenvalue weighted by atomic mass is 15.3. The van der Waals surface area contributed by atoms with E-state index in [4.69, 9.17) is 0 Å². The third kappa shape index (κ3) is 4.19. The number of hydrogen-bond donors (Lipinski definition) is 0. The second-order valence-corrected chi connectivity index (χ2v) is 16.9. The quantitative estimate of drug-likeness (QED) is 0.163. The maximum Gasteiger partial charge on any atom is 0.252 e. The molecule has 58 heavy (non-hydrogen) atoms. The molecule has 3 aliphatic heterocycles. The fourth-order valence-electron chi connectivity index (χ4n) is 11.2. The smallest absolute Gasteiger partial charge is 0.252 e. The standard InChI is InChI=1S/C54H42BN3/c1-35-25-29-39(30-26-35)56(40-31-27-36(2)28-32-40)41-33-48-50-49(34-41)58-52-44(53(3,37-15-7-5-8-16-37)54(58,4)38-17-9-6-10-18-38)21-14-23-46(52)55(50)45-22-13-20-43-42-19-11-12-24-47(42)57(48)51(43)45/h5-34H,1-4H3. The molecule has 0 amide bonds. The molecule has 8 aromatic carbocycles. The van der Waals surface area contributed by atoms with Crippen molar-refractivity contribution in [1.82, 2.24) is 4.57 Å². The Balaban J connectivity index is 1.26. The van der Waals surface area contributed by atoms with Crippen LogP contribution in [0.3, 0.4) is 0 Å². The molecule has 0 saturated heterocycles. The van der Waals surface area contributed by atoms with E-state index >= 15 is 0 Å². The number of para-hydroxylation sites is 3. The van der Waals surface area contributed by atoms with Crippen LogP contribution < -0.4 is 26.2 Å². The summed E-state index contributed by atoms with van der Waals surface area (Å²) in [5.74, 6) is 0. The van der Waals surface area contributed by atoms with Crippen molar-refractivity contribution in [3.05, 3.63) is 210 Å². The second-order valence-electron chi connectivity index (χ2n) is 16.9. The Morgan fingerprint density at radius 2 is 1.07 bits per heavy atom. The van der Waals surface area contributed by atoms with Crippen LogP contribution in [0, 0.1) is 13.8 Å². The van der Waals surface area contributed by atoms with Crippen LogP contribution in [-0.2, 0) is 11.0 Å². The zero-order valence-corrected chi connectivity index (χ0v) is 33.2. The number of nitrogens with zero attached hydrogens (tertiary/aromatic N) is 3. The molecular formula is C54H42BN3. The number of benzene rings is 8. The molecule has 0 aliphatic carbocycles. The van der Waals surface area contributed by atoms with E-state index in [1.165, 1.54) is 83.1 Å². The van der Waals surface area contributed by atoms with Gasteiger partial charge < -0.3 is 14.4 Å². The van der Waals surface area contributed by atoms with Gasteiger partial charge in [-0.15, -0.1) is 0 Å². The topological polar surface area (TPSA) is 11.4 Å². The summed E-state index contributed by atoms with van der Waals surface area (Å²) in [5.41, 5.74) is 19.4. The normalized spacial score (nSPS) is 18.4. The second kappa shape index (κ2) is 11.9. The van der Waals surface area contributed by atoms with E-state index in [2.05, 4.69) is 224 Å². The molecule has 2 unspecified atom stereocenters. The maximum atomic E-state index is 2.76. The fourth-order valence-corrected chi connectivity index (χ4v) is 11.2. The van der Waals surface area contributed by atoms with E-state index in [0.717, 1.165) is 17.1 Å². The molecule has 0 spiro atoms. The SMILES string of the molecule is Cc1ccc(N(c2ccc(C)cc2)c2cc3c4c(c2)-n2c5ccccc5c5cccc(c52)B4c2cccc4c2N3C(C)(c2ccccc2)C4(C)c2ccccc2)cc1. The summed E-state index contributed by atoms with van der Waals surface area (Å²) in [6.45, 7) is 9.37. The highest BCUT2D eigenvalue weighted by Crippen LogP contribution is 2.63. The molecule has 0 radical (unpaired) electrons. The van der Waals surface area contributed by atoms with Gasteiger partial charge in [0.2, 0.25) is 0 Å². The van der Waals surface area contributed by atoms with Crippen LogP contribution in [0.2, 0.25) is 0 Å². The van der Waals surface area contributed by atoms with Gasteiger partial charge in [0.25, 0.3) is 6.71 Å². The van der Waals surface area contributed by atoms with Gasteiger partial charge >= 0.3 is 0 Å². The molecule has 3 nitrogen and oxygen atoms in total. The van der Waals surface area contributed by atoms with Gasteiger partial charge in [-0.25, -0.2) is 0 Å². The minimum absolute atomic E-state index is 0.0520. The van der Waals surface area contributed by atoms with Gasteiger partial charge in [0.15, 0.2) is 0 Å². The van der Waals surface area contributed by atoms with E-state index in [-0.39, 0.29) is 6.71 Å². The number of aryl methyl sites for hydroxylation is 2. The van der Waals surface area contributed by atoms with E-state index < -0.39 is 11.0 Å². The summed E-state index contributed by atoms with van der Waals surface area (Å²) in [6.07, 6.45) is 0. The van der Waals surface area contributed by atoms with Crippen molar-refractivity contribution in [3.63, 3.8) is 0 Å². The Hall–Kier alpha value is -6.78. The van der Waals surface area contributed by atoms with Crippen LogP contribution in [0.1, 0.15) is 41.7 Å². The summed E-state index contributed by atoms with van der Waals surface area (Å²) in [5, 5.41) is 2.59. The lowest BCUT2D eigenvalue weighted by molar-refractivity contribution is 0.336. The van der Waals surface area contributed by atoms with Crippen LogP contribution in [0.5, 0.6) is 0 Å². The first-order valence-corrected chi connectivity index (χ1v) is 20.6. The molecule has 2 atom stereocenters. The molecule has 4 heteroatoms. The molecule has 12 rings (SSSR count). The van der Waals surface area contributed by atoms with Gasteiger partial charge in [-0.05, 0) is 103 Å². The number of aromatic nitrogens is 1. The number of fused-ring (bicyclic) bond motifs is 7. The van der Waals surface area contributed by atoms with Gasteiger partial charge in [0.1, 0.15) is 0 Å². The summed E-state index contributed by atoms with van der Waals surface area (Å²) < 4.78 is 2.59. The lowest BCUT2D eigenvalue weighted by Crippen LogP contribution is -2.63. The van der Waals surface area contributed by atoms with Crippen LogP contribution >= 0.6 is 0 Å². The summed E-state index contributed by atoms with van der Waals surface area (Å²) in [4.78, 5) is 5.22. The summed E-state index contributed by atoms with van der Waals surface area (Å²) in [6, 6.07) is 68.6. The first-order chi connectivity index (χ1) is 28.4. The van der Waals surface area contributed by atoms with Gasteiger partial charge in [-0.1, -0.05) is 151 Å². The van der Waals surface area contributed by atoms with Crippen molar-refractivity contribution in [2.24, 2.45) is 0 Å². The summed E-state index contributed by atoms with van der Waals surface area (Å²) >= 11 is 0. The first-order valence-electron chi connectivity index (χ1n) is 20.6. The van der Waals surface area contributed by atoms with Crippen molar-refractivity contribution in [2.75, 3.05) is 9.80 Å². The van der Waals surface area contributed by atoms with Crippen molar-refractivity contribution in [2.45, 2.75) is 38.6 Å². The monoisotopic (exact) mass is 743 g/mol. The van der Waals surface area contributed by atoms with Gasteiger partial charge in [-0.3, -0.25) is 0 Å². The number of rotatable bonds is 5. The molecular weight excluding hydrogens is 701 g/mol. The minimum Gasteiger partial charge on any atom is -0.331 e. The van der Waals surface area contributed by atoms with Crippen LogP contribution in [0.4, 0.5) is 28.4 Å². The van der Waals surface area contributed by atoms with E-state index in [9.17, 15) is 0 Å². The molecule has 3 aliphatic rings. The van der Waals surface area contributed by atoms with Gasteiger partial charge in [0, 0.05) is 50.1 Å². The van der Waals surface area contributed by atoms with Crippen molar-refractivity contribution in [3.8, 4) is 5.69 Å². The Morgan fingerprint density at radius 1 is 0.500 bits per heavy atom. The molecule has 0 saturated carbocycles. The van der Waals surface area contributed by atoms with Crippen LogP contribution in [0.15, 0.2) is 182 Å². The maximum absolute atomic E-state index is 2.76. The molecule has 276 valence electrons. The zero-order chi connectivity index (χ0) is 38.9. The van der Waals surface area contributed by atoms with Crippen molar-refractivity contribution < 1.29 is 0 Å². The highest BCUT2D eigenvalue weighted by Gasteiger charge is 2.62. The molecule has 4 heterocycles. The number of anilines is 5. The largest absolute Gasteiger partial charge is 0.331 e. The van der Waals surface area contributed by atoms with Gasteiger partial charge in [-0.2, -0.15) is 0 Å². The molecule has 0 bridgehead atoms. The van der Waals surface area contributed by atoms with Crippen LogP contribution in [0.25, 0.3) is 27.5 Å². The lowest BCUT2D eigenvalue weighted by atomic mass is 9.33. The third-order valence-electron chi connectivity index (χ3n) is 14.0. The Morgan fingerprint density at radius 3 is 1.76 bits per heavy atom. The molecule has 9 aromatic rings. The lowest BCUT2D eigenvalue weighted by Gasteiger charge is -2.50. The summed E-state index contributed by atoms with van der Waals surface area (Å²) in [7, 11) is 0. The molecule has 0 fully saturated rings. The predicted molar refractivity (Wildman–Crippen MR) is 245 cm³/mol. The average Bonchev–Trinajstić information content (AvgIpc) is 3.72. The fraction of sp³-hybridized carbons (Fsp3) is 0.111. The molecule has 0 N–H and O–H groups in total. The van der Waals surface area contributed by atoms with Crippen molar-refractivity contribution in [1.29, 1.82) is 0 Å². The zero-order valence-electron chi connectivity index (χ0n) is 33.2. The van der Waals surface area contributed by atoms with Gasteiger partial charge in [0.05, 0.1) is 16.7 Å². The highest BCUT2D eigenvalue weighted by molar-refractivity contribution is 7.00. The van der Waals surface area contributed by atoms with E-state index in [1.54, 1.807) is 0 Å². The molecule has 1 aromatic heterocycles. The Kier molecular flexibility index (Phi) is 6.83. The Labute approximate surface area is 340 Å². The van der Waals surface area contributed by atoms with Crippen LogP contribution in [-0.4, -0.2) is 11.3 Å². The third-order valence-corrected chi connectivity index (χ3v) is 14.0. The minimum atomic E-state index is -0.505. The predicted octanol–water partition coefficient (Wildman–Crippen LogP) is 11.4. The first kappa shape index (κ1) is 33.4. The average molecular weight is 744 g/mol. The Bertz CT molecular complexity index is 3070. The number of hydrogen-bond acceptors (Lipinski definition) is 2. The van der Waals surface area contributed by atoms with Crippen molar-refractivity contribution >= 4 is 73.3 Å². The van der Waals surface area contributed by atoms with E-state index in [0.29, 0.717) is 0 Å². The van der Waals surface area contributed by atoms with E-state index in [1.807, 2.05) is 0 Å².